The van der Waals surface area contributed by atoms with Gasteiger partial charge in [-0.3, -0.25) is 14.2 Å². The monoisotopic (exact) mass is 425 g/mol. The fraction of sp³-hybridized carbons (Fsp3) is 0.318. The van der Waals surface area contributed by atoms with Crippen LogP contribution in [0.4, 0.5) is 5.69 Å². The predicted octanol–water partition coefficient (Wildman–Crippen LogP) is 3.73. The molecule has 1 N–H and O–H groups in total. The van der Waals surface area contributed by atoms with Crippen molar-refractivity contribution in [3.63, 3.8) is 0 Å². The molecule has 0 spiro atoms. The molecule has 8 heteroatoms. The Morgan fingerprint density at radius 1 is 1.17 bits per heavy atom. The van der Waals surface area contributed by atoms with Gasteiger partial charge in [0.05, 0.1) is 21.6 Å². The Balaban J connectivity index is 1.35. The molecule has 2 aromatic carbocycles. The number of aromatic nitrogens is 2. The van der Waals surface area contributed by atoms with E-state index in [1.165, 1.54) is 0 Å². The van der Waals surface area contributed by atoms with Gasteiger partial charge in [0, 0.05) is 31.0 Å². The number of nitrogens with one attached hydrogen (secondary N) is 1. The number of fused-ring (bicyclic) bond motifs is 2. The number of carbonyl (C=O) groups is 1. The Morgan fingerprint density at radius 3 is 2.67 bits per heavy atom. The molecular weight excluding hydrogens is 406 g/mol. The Labute approximate surface area is 177 Å². The zero-order chi connectivity index (χ0) is 20.7. The lowest BCUT2D eigenvalue weighted by molar-refractivity contribution is -0.116. The maximum Gasteiger partial charge on any atom is 0.261 e. The largest absolute Gasteiger partial charge is 0.486 e. The molecule has 2 heterocycles. The van der Waals surface area contributed by atoms with E-state index in [9.17, 15) is 9.59 Å². The summed E-state index contributed by atoms with van der Waals surface area (Å²) < 4.78 is 12.8. The average Bonchev–Trinajstić information content (AvgIpc) is 3.58. The quantitative estimate of drug-likeness (QED) is 0.673. The van der Waals surface area contributed by atoms with Crippen molar-refractivity contribution in [1.29, 1.82) is 0 Å². The van der Waals surface area contributed by atoms with Gasteiger partial charge in [-0.15, -0.1) is 0 Å². The highest BCUT2D eigenvalue weighted by Gasteiger charge is 2.28. The molecule has 1 saturated carbocycles. The minimum absolute atomic E-state index is 0.0339. The van der Waals surface area contributed by atoms with Crippen LogP contribution in [0, 0.1) is 0 Å². The molecule has 5 rings (SSSR count). The van der Waals surface area contributed by atoms with Crippen LogP contribution in [-0.2, 0) is 11.2 Å². The van der Waals surface area contributed by atoms with Crippen molar-refractivity contribution in [2.24, 2.45) is 0 Å². The number of aryl methyl sites for hydroxylation is 1. The summed E-state index contributed by atoms with van der Waals surface area (Å²) >= 11 is 6.28. The number of ether oxygens (including phenoxy) is 2. The van der Waals surface area contributed by atoms with Crippen molar-refractivity contribution in [2.75, 3.05) is 18.5 Å². The number of amides is 1. The van der Waals surface area contributed by atoms with Gasteiger partial charge >= 0.3 is 0 Å². The van der Waals surface area contributed by atoms with Gasteiger partial charge in [-0.1, -0.05) is 23.7 Å². The van der Waals surface area contributed by atoms with E-state index < -0.39 is 0 Å². The molecule has 154 valence electrons. The van der Waals surface area contributed by atoms with Crippen LogP contribution in [0.3, 0.4) is 0 Å². The molecule has 1 aliphatic heterocycles. The molecule has 7 nitrogen and oxygen atoms in total. The minimum atomic E-state index is -0.210. The lowest BCUT2D eigenvalue weighted by Crippen LogP contribution is -2.25. The van der Waals surface area contributed by atoms with Crippen molar-refractivity contribution in [3.8, 4) is 11.5 Å². The molecule has 2 aliphatic rings. The van der Waals surface area contributed by atoms with Gasteiger partial charge in [0.1, 0.15) is 19.0 Å². The number of carbonyl (C=O) groups excluding carboxylic acids is 1. The second-order valence-corrected chi connectivity index (χ2v) is 7.88. The predicted molar refractivity (Wildman–Crippen MR) is 114 cm³/mol. The van der Waals surface area contributed by atoms with Gasteiger partial charge < -0.3 is 14.8 Å². The van der Waals surface area contributed by atoms with Crippen LogP contribution in [0.15, 0.2) is 41.2 Å². The van der Waals surface area contributed by atoms with E-state index in [2.05, 4.69) is 10.3 Å². The third-order valence-electron chi connectivity index (χ3n) is 5.27. The van der Waals surface area contributed by atoms with Crippen LogP contribution in [0.5, 0.6) is 11.5 Å². The summed E-state index contributed by atoms with van der Waals surface area (Å²) in [4.78, 5) is 30.2. The second-order valence-electron chi connectivity index (χ2n) is 7.48. The molecular formula is C22H20ClN3O4. The molecule has 0 bridgehead atoms. The van der Waals surface area contributed by atoms with Crippen LogP contribution in [0.25, 0.3) is 10.9 Å². The van der Waals surface area contributed by atoms with E-state index >= 15 is 0 Å². The third kappa shape index (κ3) is 3.61. The summed E-state index contributed by atoms with van der Waals surface area (Å²) in [5.74, 6) is 1.56. The smallest absolute Gasteiger partial charge is 0.261 e. The van der Waals surface area contributed by atoms with Crippen molar-refractivity contribution < 1.29 is 14.3 Å². The van der Waals surface area contributed by atoms with Gasteiger partial charge in [-0.05, 0) is 25.0 Å². The zero-order valence-electron chi connectivity index (χ0n) is 16.2. The first kappa shape index (κ1) is 18.9. The summed E-state index contributed by atoms with van der Waals surface area (Å²) in [6.07, 6.45) is 2.48. The molecule has 1 aromatic heterocycles. The highest BCUT2D eigenvalue weighted by atomic mass is 35.5. The maximum atomic E-state index is 12.9. The molecule has 1 fully saturated rings. The third-order valence-corrected chi connectivity index (χ3v) is 5.59. The normalized spacial score (nSPS) is 15.2. The summed E-state index contributed by atoms with van der Waals surface area (Å²) in [5.41, 5.74) is 1.09. The first-order chi connectivity index (χ1) is 14.6. The summed E-state index contributed by atoms with van der Waals surface area (Å²) in [5, 5.41) is 3.82. The van der Waals surface area contributed by atoms with Gasteiger partial charge in [0.25, 0.3) is 5.56 Å². The number of anilines is 1. The topological polar surface area (TPSA) is 82.5 Å². The number of para-hydroxylation sites is 1. The van der Waals surface area contributed by atoms with Crippen LogP contribution in [0.1, 0.15) is 31.1 Å². The molecule has 30 heavy (non-hydrogen) atoms. The summed E-state index contributed by atoms with van der Waals surface area (Å²) in [7, 11) is 0. The second kappa shape index (κ2) is 7.65. The van der Waals surface area contributed by atoms with Crippen LogP contribution in [-0.4, -0.2) is 28.7 Å². The van der Waals surface area contributed by atoms with Crippen molar-refractivity contribution in [2.45, 2.75) is 31.7 Å². The highest BCUT2D eigenvalue weighted by Crippen LogP contribution is 2.38. The van der Waals surface area contributed by atoms with E-state index in [4.69, 9.17) is 21.1 Å². The maximum absolute atomic E-state index is 12.9. The molecule has 1 amide bonds. The Kier molecular flexibility index (Phi) is 4.83. The lowest BCUT2D eigenvalue weighted by atomic mass is 10.2. The Morgan fingerprint density at radius 2 is 1.90 bits per heavy atom. The molecule has 0 saturated heterocycles. The fourth-order valence-electron chi connectivity index (χ4n) is 3.68. The van der Waals surface area contributed by atoms with E-state index in [0.29, 0.717) is 58.6 Å². The van der Waals surface area contributed by atoms with E-state index in [1.54, 1.807) is 22.8 Å². The Hall–Kier alpha value is -3.06. The van der Waals surface area contributed by atoms with Crippen molar-refractivity contribution in [1.82, 2.24) is 9.55 Å². The summed E-state index contributed by atoms with van der Waals surface area (Å²) in [6.45, 7) is 0.921. The van der Waals surface area contributed by atoms with Crippen LogP contribution in [0.2, 0.25) is 5.02 Å². The van der Waals surface area contributed by atoms with Crippen molar-refractivity contribution >= 4 is 34.1 Å². The average molecular weight is 426 g/mol. The minimum Gasteiger partial charge on any atom is -0.486 e. The molecule has 0 radical (unpaired) electrons. The molecule has 0 unspecified atom stereocenters. The van der Waals surface area contributed by atoms with Crippen LogP contribution < -0.4 is 20.3 Å². The molecule has 3 aromatic rings. The number of hydrogen-bond donors (Lipinski definition) is 1. The summed E-state index contributed by atoms with van der Waals surface area (Å²) in [6, 6.07) is 10.8. The van der Waals surface area contributed by atoms with Gasteiger partial charge in [-0.25, -0.2) is 4.98 Å². The van der Waals surface area contributed by atoms with Crippen molar-refractivity contribution in [3.05, 3.63) is 57.6 Å². The fourth-order valence-corrected chi connectivity index (χ4v) is 3.88. The van der Waals surface area contributed by atoms with Gasteiger partial charge in [-0.2, -0.15) is 0 Å². The molecule has 1 aliphatic carbocycles. The van der Waals surface area contributed by atoms with E-state index in [0.717, 1.165) is 12.8 Å². The SMILES string of the molecule is O=C(CCc1nc2ccccc2c(=O)n1C1CC1)Nc1cc2c(cc1Cl)OCCO2. The Bertz CT molecular complexity index is 1200. The number of benzene rings is 2. The van der Waals surface area contributed by atoms with Gasteiger partial charge in [0.2, 0.25) is 5.91 Å². The van der Waals surface area contributed by atoms with E-state index in [1.807, 2.05) is 18.2 Å². The van der Waals surface area contributed by atoms with Gasteiger partial charge in [0.15, 0.2) is 11.5 Å². The number of halogens is 1. The standard InChI is InChI=1S/C22H20ClN3O4/c23-15-11-18-19(30-10-9-29-18)12-17(15)25-21(27)8-7-20-24-16-4-2-1-3-14(16)22(28)26(20)13-5-6-13/h1-4,11-13H,5-10H2,(H,25,27). The first-order valence-corrected chi connectivity index (χ1v) is 10.4. The number of rotatable bonds is 5. The number of nitrogens with zero attached hydrogens (tertiary/aromatic N) is 2. The highest BCUT2D eigenvalue weighted by molar-refractivity contribution is 6.34. The van der Waals surface area contributed by atoms with Crippen LogP contribution >= 0.6 is 11.6 Å². The lowest BCUT2D eigenvalue weighted by Gasteiger charge is -2.20. The van der Waals surface area contributed by atoms with E-state index in [-0.39, 0.29) is 23.9 Å². The number of hydrogen-bond acceptors (Lipinski definition) is 5. The first-order valence-electron chi connectivity index (χ1n) is 9.99. The molecule has 0 atom stereocenters. The zero-order valence-corrected chi connectivity index (χ0v) is 16.9.